The van der Waals surface area contributed by atoms with Gasteiger partial charge in [0.1, 0.15) is 0 Å². The third-order valence-corrected chi connectivity index (χ3v) is 4.07. The molecule has 0 aromatic heterocycles. The van der Waals surface area contributed by atoms with E-state index in [-0.39, 0.29) is 12.4 Å². The summed E-state index contributed by atoms with van der Waals surface area (Å²) in [4.78, 5) is 24.2. The molecular weight excluding hydrogens is 411 g/mol. The zero-order valence-corrected chi connectivity index (χ0v) is 14.8. The number of halogens is 1. The van der Waals surface area contributed by atoms with Crippen molar-refractivity contribution in [3.63, 3.8) is 0 Å². The van der Waals surface area contributed by atoms with Crippen LogP contribution >= 0.6 is 22.6 Å². The van der Waals surface area contributed by atoms with E-state index in [2.05, 4.69) is 0 Å². The third-order valence-electron chi connectivity index (χ3n) is 3.13. The first-order valence-electron chi connectivity index (χ1n) is 6.73. The molecule has 0 saturated heterocycles. The Balaban J connectivity index is 2.05. The quantitative estimate of drug-likeness (QED) is 0.403. The van der Waals surface area contributed by atoms with Gasteiger partial charge in [0.25, 0.3) is 0 Å². The highest BCUT2D eigenvalue weighted by atomic mass is 127. The van der Waals surface area contributed by atoms with Crippen molar-refractivity contribution in [1.29, 1.82) is 0 Å². The average molecular weight is 426 g/mol. The molecule has 5 nitrogen and oxygen atoms in total. The SMILES string of the molecule is COc1ccc(C(=O)COC(=O)c2ccccc2I)cc1OC. The van der Waals surface area contributed by atoms with Gasteiger partial charge in [0.15, 0.2) is 23.9 Å². The van der Waals surface area contributed by atoms with Crippen molar-refractivity contribution in [3.8, 4) is 11.5 Å². The molecule has 0 aliphatic heterocycles. The molecule has 0 saturated carbocycles. The first kappa shape index (κ1) is 17.3. The van der Waals surface area contributed by atoms with Gasteiger partial charge in [0.2, 0.25) is 0 Å². The van der Waals surface area contributed by atoms with Crippen molar-refractivity contribution in [2.45, 2.75) is 0 Å². The topological polar surface area (TPSA) is 61.8 Å². The highest BCUT2D eigenvalue weighted by molar-refractivity contribution is 14.1. The Labute approximate surface area is 147 Å². The van der Waals surface area contributed by atoms with E-state index >= 15 is 0 Å². The number of ether oxygens (including phenoxy) is 3. The predicted molar refractivity (Wildman–Crippen MR) is 93.3 cm³/mol. The summed E-state index contributed by atoms with van der Waals surface area (Å²) in [5.74, 6) is 0.135. The monoisotopic (exact) mass is 426 g/mol. The maximum atomic E-state index is 12.2. The maximum Gasteiger partial charge on any atom is 0.339 e. The minimum Gasteiger partial charge on any atom is -0.493 e. The summed E-state index contributed by atoms with van der Waals surface area (Å²) in [6, 6.07) is 11.8. The van der Waals surface area contributed by atoms with E-state index in [4.69, 9.17) is 14.2 Å². The van der Waals surface area contributed by atoms with Gasteiger partial charge in [-0.05, 0) is 52.9 Å². The zero-order valence-electron chi connectivity index (χ0n) is 12.7. The molecule has 2 rings (SSSR count). The summed E-state index contributed by atoms with van der Waals surface area (Å²) in [5, 5.41) is 0. The van der Waals surface area contributed by atoms with Gasteiger partial charge in [-0.3, -0.25) is 4.79 Å². The van der Waals surface area contributed by atoms with Crippen molar-refractivity contribution in [1.82, 2.24) is 0 Å². The molecule has 120 valence electrons. The molecule has 0 unspecified atom stereocenters. The van der Waals surface area contributed by atoms with E-state index in [0.717, 1.165) is 3.57 Å². The summed E-state index contributed by atoms with van der Waals surface area (Å²) in [6.45, 7) is -0.334. The number of Topliss-reactive ketones (excluding diaryl/α,β-unsaturated/α-hetero) is 1. The fraction of sp³-hybridized carbons (Fsp3) is 0.176. The van der Waals surface area contributed by atoms with Gasteiger partial charge in [0.05, 0.1) is 19.8 Å². The summed E-state index contributed by atoms with van der Waals surface area (Å²) in [7, 11) is 3.01. The highest BCUT2D eigenvalue weighted by Crippen LogP contribution is 2.27. The van der Waals surface area contributed by atoms with Crippen LogP contribution in [-0.4, -0.2) is 32.6 Å². The van der Waals surface area contributed by atoms with Crippen LogP contribution in [0.1, 0.15) is 20.7 Å². The maximum absolute atomic E-state index is 12.2. The normalized spacial score (nSPS) is 10.0. The Hall–Kier alpha value is -2.09. The first-order chi connectivity index (χ1) is 11.1. The summed E-state index contributed by atoms with van der Waals surface area (Å²) < 4.78 is 16.1. The lowest BCUT2D eigenvalue weighted by atomic mass is 10.1. The Morgan fingerprint density at radius 2 is 1.70 bits per heavy atom. The van der Waals surface area contributed by atoms with Crippen LogP contribution in [0.5, 0.6) is 11.5 Å². The minimum absolute atomic E-state index is 0.315. The lowest BCUT2D eigenvalue weighted by molar-refractivity contribution is 0.0473. The van der Waals surface area contributed by atoms with Crippen LogP contribution in [-0.2, 0) is 4.74 Å². The Bertz CT molecular complexity index is 727. The van der Waals surface area contributed by atoms with Gasteiger partial charge in [-0.25, -0.2) is 4.79 Å². The fourth-order valence-corrected chi connectivity index (χ4v) is 2.54. The number of methoxy groups -OCH3 is 2. The smallest absolute Gasteiger partial charge is 0.339 e. The van der Waals surface area contributed by atoms with Crippen LogP contribution in [0.2, 0.25) is 0 Å². The molecule has 2 aromatic rings. The summed E-state index contributed by atoms with van der Waals surface area (Å²) in [5.41, 5.74) is 0.825. The number of benzene rings is 2. The lowest BCUT2D eigenvalue weighted by Gasteiger charge is -2.09. The summed E-state index contributed by atoms with van der Waals surface area (Å²) in [6.07, 6.45) is 0. The second kappa shape index (κ2) is 7.96. The van der Waals surface area contributed by atoms with Gasteiger partial charge < -0.3 is 14.2 Å². The van der Waals surface area contributed by atoms with Gasteiger partial charge in [-0.15, -0.1) is 0 Å². The number of ketones is 1. The van der Waals surface area contributed by atoms with Crippen molar-refractivity contribution in [3.05, 3.63) is 57.2 Å². The molecule has 0 aliphatic rings. The molecule has 0 atom stereocenters. The van der Waals surface area contributed by atoms with Crippen molar-refractivity contribution >= 4 is 34.3 Å². The van der Waals surface area contributed by atoms with Crippen molar-refractivity contribution in [2.24, 2.45) is 0 Å². The van der Waals surface area contributed by atoms with Gasteiger partial charge in [0, 0.05) is 9.13 Å². The standard InChI is InChI=1S/C17H15IO5/c1-21-15-8-7-11(9-16(15)22-2)14(19)10-23-17(20)12-5-3-4-6-13(12)18/h3-9H,10H2,1-2H3. The van der Waals surface area contributed by atoms with E-state index in [9.17, 15) is 9.59 Å². The van der Waals surface area contributed by atoms with Crippen LogP contribution in [0.15, 0.2) is 42.5 Å². The molecule has 0 aliphatic carbocycles. The molecular formula is C17H15IO5. The highest BCUT2D eigenvalue weighted by Gasteiger charge is 2.15. The third kappa shape index (κ3) is 4.22. The Morgan fingerprint density at radius 3 is 2.35 bits per heavy atom. The average Bonchev–Trinajstić information content (AvgIpc) is 2.59. The second-order valence-electron chi connectivity index (χ2n) is 4.55. The van der Waals surface area contributed by atoms with Gasteiger partial charge >= 0.3 is 5.97 Å². The minimum atomic E-state index is -0.524. The van der Waals surface area contributed by atoms with E-state index in [1.54, 1.807) is 36.4 Å². The molecule has 0 N–H and O–H groups in total. The largest absolute Gasteiger partial charge is 0.493 e. The van der Waals surface area contributed by atoms with Crippen LogP contribution in [0.25, 0.3) is 0 Å². The fourth-order valence-electron chi connectivity index (χ4n) is 1.93. The van der Waals surface area contributed by atoms with E-state index in [1.807, 2.05) is 28.7 Å². The van der Waals surface area contributed by atoms with Crippen molar-refractivity contribution in [2.75, 3.05) is 20.8 Å². The van der Waals surface area contributed by atoms with E-state index in [0.29, 0.717) is 22.6 Å². The molecule has 0 amide bonds. The molecule has 0 spiro atoms. The molecule has 0 radical (unpaired) electrons. The number of esters is 1. The number of carbonyl (C=O) groups is 2. The molecule has 0 fully saturated rings. The Morgan fingerprint density at radius 1 is 1.00 bits per heavy atom. The molecule has 6 heteroatoms. The predicted octanol–water partition coefficient (Wildman–Crippen LogP) is 3.35. The second-order valence-corrected chi connectivity index (χ2v) is 5.71. The lowest BCUT2D eigenvalue weighted by Crippen LogP contribution is -2.15. The molecule has 0 heterocycles. The van der Waals surface area contributed by atoms with Crippen LogP contribution in [0.3, 0.4) is 0 Å². The van der Waals surface area contributed by atoms with E-state index < -0.39 is 5.97 Å². The molecule has 2 aromatic carbocycles. The van der Waals surface area contributed by atoms with Crippen molar-refractivity contribution < 1.29 is 23.8 Å². The zero-order chi connectivity index (χ0) is 16.8. The number of hydrogen-bond acceptors (Lipinski definition) is 5. The Kier molecular flexibility index (Phi) is 5.97. The number of hydrogen-bond donors (Lipinski definition) is 0. The number of carbonyl (C=O) groups excluding carboxylic acids is 2. The van der Waals surface area contributed by atoms with E-state index in [1.165, 1.54) is 14.2 Å². The van der Waals surface area contributed by atoms with Crippen LogP contribution in [0, 0.1) is 3.57 Å². The van der Waals surface area contributed by atoms with Crippen LogP contribution in [0.4, 0.5) is 0 Å². The summed E-state index contributed by atoms with van der Waals surface area (Å²) >= 11 is 2.05. The first-order valence-corrected chi connectivity index (χ1v) is 7.81. The van der Waals surface area contributed by atoms with Gasteiger partial charge in [-0.1, -0.05) is 12.1 Å². The van der Waals surface area contributed by atoms with Crippen LogP contribution < -0.4 is 9.47 Å². The molecule has 23 heavy (non-hydrogen) atoms. The number of rotatable bonds is 6. The molecule has 0 bridgehead atoms. The van der Waals surface area contributed by atoms with Gasteiger partial charge in [-0.2, -0.15) is 0 Å².